The molecular weight excluding hydrogens is 480 g/mol. The highest BCUT2D eigenvalue weighted by Gasteiger charge is 2.31. The van der Waals surface area contributed by atoms with Gasteiger partial charge in [0.25, 0.3) is 0 Å². The number of aromatic nitrogens is 2. The number of nitrogens with zero attached hydrogens (tertiary/aromatic N) is 4. The molecule has 3 heterocycles. The minimum atomic E-state index is -4.38. The lowest BCUT2D eigenvalue weighted by Crippen LogP contribution is -2.48. The number of fused-ring (bicyclic) bond motifs is 1. The highest BCUT2D eigenvalue weighted by molar-refractivity contribution is 7.15. The molecule has 0 N–H and O–H groups in total. The molecule has 1 amide bonds. The molecule has 0 atom stereocenters. The zero-order valence-electron chi connectivity index (χ0n) is 18.6. The van der Waals surface area contributed by atoms with Gasteiger partial charge in [0, 0.05) is 61.1 Å². The van der Waals surface area contributed by atoms with E-state index in [4.69, 9.17) is 0 Å². The van der Waals surface area contributed by atoms with Gasteiger partial charge in [-0.3, -0.25) is 9.20 Å². The second kappa shape index (κ2) is 9.33. The predicted octanol–water partition coefficient (Wildman–Crippen LogP) is 5.50. The molecule has 0 bridgehead atoms. The zero-order chi connectivity index (χ0) is 24.6. The van der Waals surface area contributed by atoms with E-state index in [9.17, 15) is 22.4 Å². The van der Waals surface area contributed by atoms with Gasteiger partial charge in [0.2, 0.25) is 5.91 Å². The van der Waals surface area contributed by atoms with Gasteiger partial charge in [0.1, 0.15) is 5.82 Å². The Balaban J connectivity index is 1.19. The predicted molar refractivity (Wildman–Crippen MR) is 127 cm³/mol. The van der Waals surface area contributed by atoms with Crippen LogP contribution in [0, 0.1) is 5.82 Å². The van der Waals surface area contributed by atoms with E-state index in [0.717, 1.165) is 22.8 Å². The van der Waals surface area contributed by atoms with Crippen molar-refractivity contribution in [3.8, 4) is 11.3 Å². The topological polar surface area (TPSA) is 40.9 Å². The minimum Gasteiger partial charge on any atom is -0.368 e. The average molecular weight is 503 g/mol. The van der Waals surface area contributed by atoms with Crippen LogP contribution in [-0.4, -0.2) is 46.4 Å². The maximum absolute atomic E-state index is 14.1. The highest BCUT2D eigenvalue weighted by Crippen LogP contribution is 2.32. The third-order valence-corrected chi connectivity index (χ3v) is 7.09. The summed E-state index contributed by atoms with van der Waals surface area (Å²) in [5.74, 6) is -0.332. The maximum atomic E-state index is 14.1. The van der Waals surface area contributed by atoms with Crippen molar-refractivity contribution in [2.24, 2.45) is 0 Å². The van der Waals surface area contributed by atoms with Gasteiger partial charge in [0.15, 0.2) is 4.96 Å². The number of imidazole rings is 1. The van der Waals surface area contributed by atoms with Crippen LogP contribution in [0.3, 0.4) is 0 Å². The van der Waals surface area contributed by atoms with Gasteiger partial charge < -0.3 is 9.80 Å². The van der Waals surface area contributed by atoms with Crippen LogP contribution in [0.1, 0.15) is 17.7 Å². The van der Waals surface area contributed by atoms with E-state index in [1.165, 1.54) is 23.5 Å². The molecule has 1 saturated heterocycles. The van der Waals surface area contributed by atoms with Gasteiger partial charge in [0.05, 0.1) is 11.3 Å². The van der Waals surface area contributed by atoms with Crippen molar-refractivity contribution in [3.05, 3.63) is 77.2 Å². The number of halogens is 4. The number of anilines is 1. The molecule has 0 radical (unpaired) electrons. The Morgan fingerprint density at radius 3 is 2.54 bits per heavy atom. The van der Waals surface area contributed by atoms with Crippen molar-refractivity contribution in [1.29, 1.82) is 0 Å². The molecule has 5 nitrogen and oxygen atoms in total. The molecule has 182 valence electrons. The fourth-order valence-electron chi connectivity index (χ4n) is 4.29. The van der Waals surface area contributed by atoms with Crippen LogP contribution in [0.2, 0.25) is 0 Å². The van der Waals surface area contributed by atoms with Crippen LogP contribution in [-0.2, 0) is 17.4 Å². The van der Waals surface area contributed by atoms with Crippen LogP contribution in [0.25, 0.3) is 16.2 Å². The van der Waals surface area contributed by atoms with E-state index >= 15 is 0 Å². The summed E-state index contributed by atoms with van der Waals surface area (Å²) >= 11 is 1.44. The van der Waals surface area contributed by atoms with Gasteiger partial charge in [-0.2, -0.15) is 13.2 Å². The van der Waals surface area contributed by atoms with E-state index in [-0.39, 0.29) is 11.7 Å². The summed E-state index contributed by atoms with van der Waals surface area (Å²) in [5, 5.41) is 1.95. The third kappa shape index (κ3) is 4.88. The van der Waals surface area contributed by atoms with E-state index in [0.29, 0.717) is 56.0 Å². The Kier molecular flexibility index (Phi) is 6.22. The summed E-state index contributed by atoms with van der Waals surface area (Å²) in [6, 6.07) is 11.8. The normalized spacial score (nSPS) is 14.6. The molecule has 0 aliphatic carbocycles. The molecule has 35 heavy (non-hydrogen) atoms. The molecular formula is C25H22F4N4OS. The first-order valence-corrected chi connectivity index (χ1v) is 12.1. The van der Waals surface area contributed by atoms with Crippen LogP contribution < -0.4 is 4.90 Å². The summed E-state index contributed by atoms with van der Waals surface area (Å²) in [7, 11) is 0. The van der Waals surface area contributed by atoms with Crippen LogP contribution in [0.15, 0.2) is 60.1 Å². The Morgan fingerprint density at radius 2 is 1.80 bits per heavy atom. The quantitative estimate of drug-likeness (QED) is 0.339. The number of thiazole rings is 1. The van der Waals surface area contributed by atoms with Crippen molar-refractivity contribution in [1.82, 2.24) is 14.3 Å². The Labute approximate surface area is 203 Å². The summed E-state index contributed by atoms with van der Waals surface area (Å²) in [4.78, 5) is 21.7. The molecule has 10 heteroatoms. The van der Waals surface area contributed by atoms with Crippen molar-refractivity contribution in [2.75, 3.05) is 31.1 Å². The first kappa shape index (κ1) is 23.3. The van der Waals surface area contributed by atoms with E-state index < -0.39 is 11.7 Å². The third-order valence-electron chi connectivity index (χ3n) is 6.20. The number of hydrogen-bond donors (Lipinski definition) is 0. The lowest BCUT2D eigenvalue weighted by molar-refractivity contribution is -0.137. The van der Waals surface area contributed by atoms with E-state index in [1.54, 1.807) is 35.4 Å². The maximum Gasteiger partial charge on any atom is 0.416 e. The monoisotopic (exact) mass is 502 g/mol. The molecule has 1 aliphatic rings. The van der Waals surface area contributed by atoms with Gasteiger partial charge in [-0.05, 0) is 36.8 Å². The number of benzene rings is 2. The van der Waals surface area contributed by atoms with Crippen LogP contribution in [0.5, 0.6) is 0 Å². The summed E-state index contributed by atoms with van der Waals surface area (Å²) < 4.78 is 55.1. The molecule has 1 aliphatic heterocycles. The smallest absolute Gasteiger partial charge is 0.368 e. The number of carbonyl (C=O) groups is 1. The Morgan fingerprint density at radius 1 is 1.03 bits per heavy atom. The lowest BCUT2D eigenvalue weighted by atomic mass is 10.1. The largest absolute Gasteiger partial charge is 0.416 e. The van der Waals surface area contributed by atoms with E-state index in [2.05, 4.69) is 4.98 Å². The number of aryl methyl sites for hydroxylation is 1. The average Bonchev–Trinajstić information content (AvgIpc) is 3.44. The van der Waals surface area contributed by atoms with Gasteiger partial charge >= 0.3 is 6.18 Å². The van der Waals surface area contributed by atoms with Crippen molar-refractivity contribution in [3.63, 3.8) is 0 Å². The van der Waals surface area contributed by atoms with Crippen molar-refractivity contribution < 1.29 is 22.4 Å². The van der Waals surface area contributed by atoms with Gasteiger partial charge in [-0.25, -0.2) is 9.37 Å². The van der Waals surface area contributed by atoms with Crippen molar-refractivity contribution in [2.45, 2.75) is 19.0 Å². The number of rotatable bonds is 5. The minimum absolute atomic E-state index is 0.00230. The number of carbonyl (C=O) groups excluding carboxylic acids is 1. The molecule has 1 fully saturated rings. The summed E-state index contributed by atoms with van der Waals surface area (Å²) in [6.45, 7) is 1.86. The highest BCUT2D eigenvalue weighted by atomic mass is 32.1. The number of alkyl halides is 3. The summed E-state index contributed by atoms with van der Waals surface area (Å²) in [5.41, 5.74) is 1.75. The zero-order valence-corrected chi connectivity index (χ0v) is 19.4. The van der Waals surface area contributed by atoms with Gasteiger partial charge in [-0.1, -0.05) is 18.2 Å². The fourth-order valence-corrected chi connectivity index (χ4v) is 5.20. The number of amides is 1. The molecule has 5 rings (SSSR count). The van der Waals surface area contributed by atoms with Gasteiger partial charge in [-0.15, -0.1) is 11.3 Å². The summed E-state index contributed by atoms with van der Waals surface area (Å²) in [6.07, 6.45) is -1.77. The SMILES string of the molecule is O=C(CCc1csc2nc(-c3ccccc3F)cn12)N1CCN(c2cccc(C(F)(F)F)c2)CC1. The second-order valence-electron chi connectivity index (χ2n) is 8.40. The molecule has 2 aromatic heterocycles. The second-order valence-corrected chi connectivity index (χ2v) is 9.24. The number of piperazine rings is 1. The van der Waals surface area contributed by atoms with E-state index in [1.807, 2.05) is 14.7 Å². The fraction of sp³-hybridized carbons (Fsp3) is 0.280. The number of hydrogen-bond acceptors (Lipinski definition) is 4. The molecule has 0 saturated carbocycles. The molecule has 2 aromatic carbocycles. The standard InChI is InChI=1S/C25H22F4N4OS/c26-21-7-2-1-6-20(21)22-15-33-19(16-35-24(33)30-22)8-9-23(34)32-12-10-31(11-13-32)18-5-3-4-17(14-18)25(27,28)29/h1-7,14-16H,8-13H2. The Hall–Kier alpha value is -3.40. The van der Waals surface area contributed by atoms with Crippen LogP contribution in [0.4, 0.5) is 23.2 Å². The van der Waals surface area contributed by atoms with Crippen LogP contribution >= 0.6 is 11.3 Å². The first-order chi connectivity index (χ1) is 16.8. The molecule has 0 spiro atoms. The molecule has 0 unspecified atom stereocenters. The molecule has 4 aromatic rings. The lowest BCUT2D eigenvalue weighted by Gasteiger charge is -2.36. The first-order valence-electron chi connectivity index (χ1n) is 11.2. The van der Waals surface area contributed by atoms with Crippen molar-refractivity contribution >= 4 is 27.9 Å². The Bertz CT molecular complexity index is 1360.